The van der Waals surface area contributed by atoms with Crippen molar-refractivity contribution < 1.29 is 13.5 Å². The van der Waals surface area contributed by atoms with Crippen molar-refractivity contribution in [3.05, 3.63) is 18.0 Å². The maximum absolute atomic E-state index is 11.5. The molecule has 0 bridgehead atoms. The minimum atomic E-state index is -2.97. The molecular weight excluding hydrogens is 240 g/mol. The molecule has 1 heterocycles. The standard InChI is InChI=1S/C11H20N2O3S/c1-3-6-17(15,16)7-5-13-9-10(8-12-13)11(14)4-2/h8-9,11,14H,3-7H2,1-2H3. The Morgan fingerprint density at radius 1 is 1.41 bits per heavy atom. The zero-order valence-corrected chi connectivity index (χ0v) is 11.2. The number of hydrogen-bond acceptors (Lipinski definition) is 4. The Bertz CT molecular complexity index is 439. The average molecular weight is 260 g/mol. The molecule has 98 valence electrons. The summed E-state index contributed by atoms with van der Waals surface area (Å²) in [4.78, 5) is 0. The van der Waals surface area contributed by atoms with Gasteiger partial charge in [0.05, 0.1) is 24.6 Å². The third kappa shape index (κ3) is 4.47. The largest absolute Gasteiger partial charge is 0.388 e. The van der Waals surface area contributed by atoms with Gasteiger partial charge in [-0.25, -0.2) is 8.42 Å². The summed E-state index contributed by atoms with van der Waals surface area (Å²) < 4.78 is 24.6. The molecule has 17 heavy (non-hydrogen) atoms. The van der Waals surface area contributed by atoms with Gasteiger partial charge in [-0.15, -0.1) is 0 Å². The zero-order valence-electron chi connectivity index (χ0n) is 10.3. The molecule has 0 saturated carbocycles. The summed E-state index contributed by atoms with van der Waals surface area (Å²) >= 11 is 0. The molecule has 0 saturated heterocycles. The van der Waals surface area contributed by atoms with E-state index >= 15 is 0 Å². The van der Waals surface area contributed by atoms with Crippen LogP contribution in [0.25, 0.3) is 0 Å². The van der Waals surface area contributed by atoms with E-state index in [4.69, 9.17) is 0 Å². The van der Waals surface area contributed by atoms with Gasteiger partial charge in [-0.05, 0) is 12.8 Å². The van der Waals surface area contributed by atoms with Crippen LogP contribution in [0.15, 0.2) is 12.4 Å². The lowest BCUT2D eigenvalue weighted by molar-refractivity contribution is 0.173. The first-order valence-electron chi connectivity index (χ1n) is 5.89. The molecule has 0 aliphatic carbocycles. The maximum Gasteiger partial charge on any atom is 0.152 e. The Kier molecular flexibility index (Phi) is 5.14. The van der Waals surface area contributed by atoms with E-state index < -0.39 is 15.9 Å². The van der Waals surface area contributed by atoms with Gasteiger partial charge in [0.2, 0.25) is 0 Å². The number of aliphatic hydroxyl groups excluding tert-OH is 1. The van der Waals surface area contributed by atoms with Crippen molar-refractivity contribution in [3.63, 3.8) is 0 Å². The first kappa shape index (κ1) is 14.2. The van der Waals surface area contributed by atoms with Crippen LogP contribution in [0, 0.1) is 0 Å². The number of rotatable bonds is 7. The van der Waals surface area contributed by atoms with Crippen LogP contribution in [-0.4, -0.2) is 34.8 Å². The van der Waals surface area contributed by atoms with Crippen LogP contribution in [0.2, 0.25) is 0 Å². The smallest absolute Gasteiger partial charge is 0.152 e. The Morgan fingerprint density at radius 2 is 2.12 bits per heavy atom. The maximum atomic E-state index is 11.5. The van der Waals surface area contributed by atoms with E-state index in [9.17, 15) is 13.5 Å². The van der Waals surface area contributed by atoms with Crippen LogP contribution in [-0.2, 0) is 16.4 Å². The van der Waals surface area contributed by atoms with Crippen LogP contribution in [0.4, 0.5) is 0 Å². The lowest BCUT2D eigenvalue weighted by Crippen LogP contribution is -2.16. The molecule has 1 rings (SSSR count). The Morgan fingerprint density at radius 3 is 2.71 bits per heavy atom. The van der Waals surface area contributed by atoms with Crippen molar-refractivity contribution in [2.45, 2.75) is 39.3 Å². The highest BCUT2D eigenvalue weighted by Gasteiger charge is 2.11. The van der Waals surface area contributed by atoms with Gasteiger partial charge in [-0.1, -0.05) is 13.8 Å². The highest BCUT2D eigenvalue weighted by Crippen LogP contribution is 2.14. The molecule has 1 atom stereocenters. The summed E-state index contributed by atoms with van der Waals surface area (Å²) in [6, 6.07) is 0. The van der Waals surface area contributed by atoms with Gasteiger partial charge in [0, 0.05) is 17.5 Å². The summed E-state index contributed by atoms with van der Waals surface area (Å²) in [5.41, 5.74) is 0.736. The van der Waals surface area contributed by atoms with Gasteiger partial charge in [0.1, 0.15) is 0 Å². The fourth-order valence-corrected chi connectivity index (χ4v) is 2.85. The summed E-state index contributed by atoms with van der Waals surface area (Å²) in [6.07, 6.45) is 4.04. The zero-order chi connectivity index (χ0) is 12.9. The quantitative estimate of drug-likeness (QED) is 0.798. The molecule has 0 aromatic carbocycles. The molecule has 0 spiro atoms. The molecule has 0 radical (unpaired) electrons. The number of aliphatic hydroxyl groups is 1. The van der Waals surface area contributed by atoms with E-state index in [1.54, 1.807) is 17.1 Å². The van der Waals surface area contributed by atoms with E-state index in [1.165, 1.54) is 0 Å². The normalized spacial score (nSPS) is 13.8. The summed E-state index contributed by atoms with van der Waals surface area (Å²) in [7, 11) is -2.97. The minimum Gasteiger partial charge on any atom is -0.388 e. The van der Waals surface area contributed by atoms with Crippen molar-refractivity contribution in [2.75, 3.05) is 11.5 Å². The number of aryl methyl sites for hydroxylation is 1. The average Bonchev–Trinajstić information content (AvgIpc) is 2.74. The van der Waals surface area contributed by atoms with E-state index in [-0.39, 0.29) is 11.5 Å². The summed E-state index contributed by atoms with van der Waals surface area (Å²) in [6.45, 7) is 4.08. The Balaban J connectivity index is 2.56. The van der Waals surface area contributed by atoms with Gasteiger partial charge >= 0.3 is 0 Å². The van der Waals surface area contributed by atoms with Crippen LogP contribution < -0.4 is 0 Å². The Hall–Kier alpha value is -0.880. The Labute approximate surface area is 102 Å². The third-order valence-corrected chi connectivity index (χ3v) is 4.41. The van der Waals surface area contributed by atoms with Crippen LogP contribution in [0.3, 0.4) is 0 Å². The van der Waals surface area contributed by atoms with Crippen LogP contribution in [0.5, 0.6) is 0 Å². The van der Waals surface area contributed by atoms with Gasteiger partial charge in [0.25, 0.3) is 0 Å². The molecule has 0 fully saturated rings. The molecule has 5 nitrogen and oxygen atoms in total. The summed E-state index contributed by atoms with van der Waals surface area (Å²) in [5, 5.41) is 13.6. The number of sulfone groups is 1. The van der Waals surface area contributed by atoms with E-state index in [2.05, 4.69) is 5.10 Å². The lowest BCUT2D eigenvalue weighted by atomic mass is 10.2. The van der Waals surface area contributed by atoms with E-state index in [0.717, 1.165) is 5.56 Å². The van der Waals surface area contributed by atoms with Gasteiger partial charge in [-0.3, -0.25) is 4.68 Å². The number of nitrogens with zero attached hydrogens (tertiary/aromatic N) is 2. The van der Waals surface area contributed by atoms with Crippen molar-refractivity contribution in [3.8, 4) is 0 Å². The van der Waals surface area contributed by atoms with E-state index in [1.807, 2.05) is 13.8 Å². The van der Waals surface area contributed by atoms with Gasteiger partial charge < -0.3 is 5.11 Å². The van der Waals surface area contributed by atoms with Gasteiger partial charge in [-0.2, -0.15) is 5.10 Å². The molecule has 6 heteroatoms. The predicted octanol–water partition coefficient (Wildman–Crippen LogP) is 1.15. The minimum absolute atomic E-state index is 0.101. The predicted molar refractivity (Wildman–Crippen MR) is 66.4 cm³/mol. The van der Waals surface area contributed by atoms with Crippen molar-refractivity contribution in [1.29, 1.82) is 0 Å². The second-order valence-corrected chi connectivity index (χ2v) is 6.42. The second kappa shape index (κ2) is 6.16. The highest BCUT2D eigenvalue weighted by molar-refractivity contribution is 7.91. The third-order valence-electron chi connectivity index (χ3n) is 2.57. The second-order valence-electron chi connectivity index (χ2n) is 4.11. The highest BCUT2D eigenvalue weighted by atomic mass is 32.2. The lowest BCUT2D eigenvalue weighted by Gasteiger charge is -2.04. The molecule has 0 aliphatic heterocycles. The monoisotopic (exact) mass is 260 g/mol. The molecule has 1 aromatic heterocycles. The molecule has 1 aromatic rings. The van der Waals surface area contributed by atoms with Crippen LogP contribution in [0.1, 0.15) is 38.4 Å². The first-order chi connectivity index (χ1) is 7.98. The van der Waals surface area contributed by atoms with Crippen molar-refractivity contribution in [2.24, 2.45) is 0 Å². The molecule has 1 N–H and O–H groups in total. The number of aromatic nitrogens is 2. The van der Waals surface area contributed by atoms with Crippen molar-refractivity contribution in [1.82, 2.24) is 9.78 Å². The van der Waals surface area contributed by atoms with E-state index in [0.29, 0.717) is 19.4 Å². The number of hydrogen-bond donors (Lipinski definition) is 1. The summed E-state index contributed by atoms with van der Waals surface area (Å²) in [5.74, 6) is 0.322. The molecule has 0 aliphatic rings. The first-order valence-corrected chi connectivity index (χ1v) is 7.71. The molecule has 0 amide bonds. The molecule has 1 unspecified atom stereocenters. The van der Waals surface area contributed by atoms with Crippen molar-refractivity contribution >= 4 is 9.84 Å². The topological polar surface area (TPSA) is 72.2 Å². The fourth-order valence-electron chi connectivity index (χ4n) is 1.56. The SMILES string of the molecule is CCCS(=O)(=O)CCn1cc(C(O)CC)cn1. The van der Waals surface area contributed by atoms with Crippen LogP contribution >= 0.6 is 0 Å². The fraction of sp³-hybridized carbons (Fsp3) is 0.727. The molecular formula is C11H20N2O3S. The van der Waals surface area contributed by atoms with Gasteiger partial charge in [0.15, 0.2) is 9.84 Å².